The molecule has 2 aliphatic heterocycles. The van der Waals surface area contributed by atoms with E-state index in [1.165, 1.54) is 0 Å². The maximum absolute atomic E-state index is 13.2. The molecule has 0 amide bonds. The molecule has 0 radical (unpaired) electrons. The summed E-state index contributed by atoms with van der Waals surface area (Å²) >= 11 is 0. The molecule has 270 valence electrons. The summed E-state index contributed by atoms with van der Waals surface area (Å²) in [6.45, 7) is 0.617. The van der Waals surface area contributed by atoms with Crippen molar-refractivity contribution in [1.29, 1.82) is 0 Å². The zero-order valence-electron chi connectivity index (χ0n) is 30.9. The van der Waals surface area contributed by atoms with Crippen LogP contribution in [0.5, 0.6) is 0 Å². The summed E-state index contributed by atoms with van der Waals surface area (Å²) in [7, 11) is 6.33. The number of rotatable bonds is 5. The van der Waals surface area contributed by atoms with Crippen molar-refractivity contribution in [2.75, 3.05) is 27.7 Å². The van der Waals surface area contributed by atoms with E-state index >= 15 is 0 Å². The standard InChI is InChI=1S/C48H39N5O.HI/c1-53(2,3)30-35-29-34(19-28-44(35)54)48-42-26-24-40(51-42)46(32-15-9-5-10-16-32)38-22-20-36(49-38)45(31-13-7-4-8-14-31)37-21-23-39(50-37)47(33-17-11-6-12-18-33)41-25-27-43(48)52-41;/h4-29H,30H2,1-3H3,(H2-,49,50,51,52,54);1H/b45-36-,45-37?,46-38-,46-40?,47-39-,47-41?,48-42?,48-43?;. The lowest BCUT2D eigenvalue weighted by atomic mass is 9.93. The summed E-state index contributed by atoms with van der Waals surface area (Å²) in [6, 6.07) is 44.3. The summed E-state index contributed by atoms with van der Waals surface area (Å²) in [5.74, 6) is 0.0478. The van der Waals surface area contributed by atoms with Crippen LogP contribution < -0.4 is 34.7 Å². The number of nitrogens with one attached hydrogen (secondary N) is 3. The van der Waals surface area contributed by atoms with E-state index in [1.54, 1.807) is 6.08 Å². The third kappa shape index (κ3) is 7.04. The first-order chi connectivity index (χ1) is 26.3. The molecule has 6 nitrogen and oxygen atoms in total. The van der Waals surface area contributed by atoms with E-state index < -0.39 is 0 Å². The molecule has 3 aromatic heterocycles. The zero-order chi connectivity index (χ0) is 36.8. The molecule has 0 atom stereocenters. The number of fused-ring (bicyclic) bond motifs is 7. The molecule has 0 fully saturated rings. The van der Waals surface area contributed by atoms with Crippen LogP contribution in [0.3, 0.4) is 0 Å². The first kappa shape index (κ1) is 36.0. The van der Waals surface area contributed by atoms with E-state index in [0.29, 0.717) is 11.0 Å². The van der Waals surface area contributed by atoms with Crippen LogP contribution in [0.2, 0.25) is 0 Å². The van der Waals surface area contributed by atoms with Crippen LogP contribution in [0.15, 0.2) is 180 Å². The maximum atomic E-state index is 13.2. The van der Waals surface area contributed by atoms with Crippen LogP contribution >= 0.6 is 0 Å². The molecule has 7 heteroatoms. The molecule has 0 saturated heterocycles. The minimum atomic E-state index is 0. The third-order valence-corrected chi connectivity index (χ3v) is 10.0. The van der Waals surface area contributed by atoms with Crippen LogP contribution in [0, 0.1) is 0 Å². The lowest BCUT2D eigenvalue weighted by Gasteiger charge is -2.25. The van der Waals surface area contributed by atoms with Crippen molar-refractivity contribution >= 4 is 33.8 Å². The number of ketones is 1. The van der Waals surface area contributed by atoms with Gasteiger partial charge in [-0.1, -0.05) is 97.1 Å². The van der Waals surface area contributed by atoms with Crippen molar-refractivity contribution in [1.82, 2.24) is 15.0 Å². The van der Waals surface area contributed by atoms with E-state index in [-0.39, 0.29) is 29.8 Å². The minimum Gasteiger partial charge on any atom is -1.00 e. The summed E-state index contributed by atoms with van der Waals surface area (Å²) in [6.07, 6.45) is 9.96. The van der Waals surface area contributed by atoms with Gasteiger partial charge in [0.05, 0.1) is 38.1 Å². The Bertz CT molecular complexity index is 2760. The van der Waals surface area contributed by atoms with Gasteiger partial charge in [0.15, 0.2) is 5.78 Å². The van der Waals surface area contributed by atoms with E-state index in [9.17, 15) is 4.79 Å². The molecule has 1 aliphatic carbocycles. The van der Waals surface area contributed by atoms with Crippen LogP contribution in [0.4, 0.5) is 0 Å². The predicted octanol–water partition coefficient (Wildman–Crippen LogP) is 4.48. The SMILES string of the molecule is C[N+](C)(C)CC1=C/C(=C2\c3ccc([nH]3)/C(c3ccccc3)=C3/C=CC(=N3)/C(c3ccccc3)=c3/cc/c([nH]3)=C(\c3ccccc3)c3ccc2[nH]3)C=CC1=O.[I-]. The van der Waals surface area contributed by atoms with Gasteiger partial charge < -0.3 is 43.4 Å². The molecule has 3 N–H and O–H groups in total. The monoisotopic (exact) mass is 829 g/mol. The Kier molecular flexibility index (Phi) is 9.59. The van der Waals surface area contributed by atoms with Crippen LogP contribution in [-0.2, 0) is 4.79 Å². The Hall–Kier alpha value is -6.03. The van der Waals surface area contributed by atoms with Crippen molar-refractivity contribution in [2.24, 2.45) is 4.99 Å². The molecule has 8 bridgehead atoms. The van der Waals surface area contributed by atoms with E-state index in [4.69, 9.17) is 4.99 Å². The molecular formula is C48H40IN5O. The number of hydrogen-bond donors (Lipinski definition) is 3. The number of carbonyl (C=O) groups excluding carboxylic acids is 1. The molecule has 3 aromatic carbocycles. The maximum Gasteiger partial charge on any atom is 0.187 e. The lowest BCUT2D eigenvalue weighted by Crippen LogP contribution is -3.00. The lowest BCUT2D eigenvalue weighted by molar-refractivity contribution is -0.865. The Morgan fingerprint density at radius 1 is 0.509 bits per heavy atom. The van der Waals surface area contributed by atoms with E-state index in [2.05, 4.69) is 164 Å². The largest absolute Gasteiger partial charge is 1.00 e. The molecule has 55 heavy (non-hydrogen) atoms. The van der Waals surface area contributed by atoms with Gasteiger partial charge in [-0.05, 0) is 83.0 Å². The van der Waals surface area contributed by atoms with Gasteiger partial charge in [0.25, 0.3) is 0 Å². The fourth-order valence-corrected chi connectivity index (χ4v) is 7.68. The van der Waals surface area contributed by atoms with Crippen molar-refractivity contribution < 1.29 is 33.3 Å². The highest BCUT2D eigenvalue weighted by Crippen LogP contribution is 2.36. The molecule has 0 unspecified atom stereocenters. The molecule has 3 aliphatic rings. The highest BCUT2D eigenvalue weighted by molar-refractivity contribution is 6.30. The Balaban J connectivity index is 0.00000427. The highest BCUT2D eigenvalue weighted by atomic mass is 127. The Morgan fingerprint density at radius 2 is 1.00 bits per heavy atom. The van der Waals surface area contributed by atoms with Crippen LogP contribution in [0.1, 0.15) is 39.5 Å². The van der Waals surface area contributed by atoms with Crippen molar-refractivity contribution in [2.45, 2.75) is 0 Å². The van der Waals surface area contributed by atoms with Gasteiger partial charge in [0.1, 0.15) is 6.54 Å². The van der Waals surface area contributed by atoms with E-state index in [0.717, 1.165) is 95.0 Å². The average molecular weight is 830 g/mol. The van der Waals surface area contributed by atoms with Crippen molar-refractivity contribution in [3.8, 4) is 0 Å². The van der Waals surface area contributed by atoms with Gasteiger partial charge in [0, 0.05) is 55.8 Å². The van der Waals surface area contributed by atoms with Crippen molar-refractivity contribution in [3.63, 3.8) is 0 Å². The van der Waals surface area contributed by atoms with Crippen LogP contribution in [-0.4, -0.2) is 58.6 Å². The number of carbonyl (C=O) groups is 1. The second-order valence-corrected chi connectivity index (χ2v) is 14.9. The zero-order valence-corrected chi connectivity index (χ0v) is 33.1. The summed E-state index contributed by atoms with van der Waals surface area (Å²) in [4.78, 5) is 30.1. The number of quaternary nitrogens is 1. The number of hydrogen-bond acceptors (Lipinski definition) is 2. The van der Waals surface area contributed by atoms with Gasteiger partial charge in [-0.2, -0.15) is 0 Å². The van der Waals surface area contributed by atoms with Gasteiger partial charge in [-0.25, -0.2) is 4.99 Å². The minimum absolute atomic E-state index is 0. The fraction of sp³-hybridized carbons (Fsp3) is 0.0833. The average Bonchev–Trinajstić information content (AvgIpc) is 4.02. The fourth-order valence-electron chi connectivity index (χ4n) is 7.68. The van der Waals surface area contributed by atoms with E-state index in [1.807, 2.05) is 24.3 Å². The molecular weight excluding hydrogens is 789 g/mol. The van der Waals surface area contributed by atoms with Gasteiger partial charge in [0.2, 0.25) is 0 Å². The summed E-state index contributed by atoms with van der Waals surface area (Å²) in [5, 5.41) is 1.96. The third-order valence-electron chi connectivity index (χ3n) is 10.0. The number of H-pyrrole nitrogens is 3. The first-order valence-corrected chi connectivity index (χ1v) is 18.3. The number of nitrogens with zero attached hydrogens (tertiary/aromatic N) is 2. The van der Waals surface area contributed by atoms with Gasteiger partial charge in [-0.15, -0.1) is 0 Å². The van der Waals surface area contributed by atoms with Crippen LogP contribution in [0.25, 0.3) is 22.3 Å². The summed E-state index contributed by atoms with van der Waals surface area (Å²) in [5.41, 5.74) is 14.6. The highest BCUT2D eigenvalue weighted by Gasteiger charge is 2.25. The number of aromatic nitrogens is 3. The van der Waals surface area contributed by atoms with Gasteiger partial charge in [-0.3, -0.25) is 4.79 Å². The predicted molar refractivity (Wildman–Crippen MR) is 219 cm³/mol. The number of aliphatic imine (C=N–C) groups is 1. The molecule has 9 rings (SSSR count). The number of benzene rings is 3. The Morgan fingerprint density at radius 3 is 1.56 bits per heavy atom. The topological polar surface area (TPSA) is 76.8 Å². The number of allylic oxidation sites excluding steroid dienone is 6. The Labute approximate surface area is 337 Å². The number of halogens is 1. The molecule has 6 aromatic rings. The molecule has 5 heterocycles. The number of aromatic amines is 3. The first-order valence-electron chi connectivity index (χ1n) is 18.3. The quantitative estimate of drug-likeness (QED) is 0.174. The molecule has 0 spiro atoms. The number of likely N-dealkylation sites (N-methyl/N-ethyl adjacent to an activating group) is 1. The normalized spacial score (nSPS) is 19.9. The smallest absolute Gasteiger partial charge is 0.187 e. The molecule has 0 saturated carbocycles. The summed E-state index contributed by atoms with van der Waals surface area (Å²) < 4.78 is 0.647. The second-order valence-electron chi connectivity index (χ2n) is 14.9. The van der Waals surface area contributed by atoms with Gasteiger partial charge >= 0.3 is 0 Å². The second kappa shape index (κ2) is 14.7. The van der Waals surface area contributed by atoms with Crippen molar-refractivity contribution in [3.05, 3.63) is 225 Å².